The number of carbonyl (C=O) groups is 4. The van der Waals surface area contributed by atoms with E-state index in [1.54, 1.807) is 48.5 Å². The Hall–Kier alpha value is -4.06. The molecule has 0 spiro atoms. The maximum Gasteiger partial charge on any atom is 0.335 e. The van der Waals surface area contributed by atoms with Crippen molar-refractivity contribution >= 4 is 23.5 Å². The molecule has 0 bridgehead atoms. The fraction of sp³-hybridized carbons (Fsp3) is 0.0833. The summed E-state index contributed by atoms with van der Waals surface area (Å²) in [5.74, 6) is -2.49. The Bertz CT molecular complexity index is 1040. The molecule has 3 rings (SSSR count). The van der Waals surface area contributed by atoms with E-state index < -0.39 is 11.9 Å². The Labute approximate surface area is 172 Å². The molecule has 0 aliphatic heterocycles. The summed E-state index contributed by atoms with van der Waals surface area (Å²) in [5, 5.41) is 18.1. The van der Waals surface area contributed by atoms with Gasteiger partial charge in [-0.3, -0.25) is 9.59 Å². The zero-order valence-corrected chi connectivity index (χ0v) is 15.9. The summed E-state index contributed by atoms with van der Waals surface area (Å²) in [6.45, 7) is 0. The molecule has 0 fully saturated rings. The molecule has 3 aromatic carbocycles. The number of carbonyl (C=O) groups excluding carboxylic acids is 2. The van der Waals surface area contributed by atoms with Crippen LogP contribution < -0.4 is 0 Å². The average molecular weight is 402 g/mol. The maximum absolute atomic E-state index is 12.5. The molecule has 0 radical (unpaired) electrons. The molecule has 0 aromatic heterocycles. The van der Waals surface area contributed by atoms with Gasteiger partial charge < -0.3 is 10.2 Å². The van der Waals surface area contributed by atoms with Crippen molar-refractivity contribution in [2.24, 2.45) is 0 Å². The number of aromatic carboxylic acids is 2. The molecule has 3 aromatic rings. The van der Waals surface area contributed by atoms with Crippen molar-refractivity contribution in [2.75, 3.05) is 0 Å². The molecule has 6 heteroatoms. The van der Waals surface area contributed by atoms with Crippen molar-refractivity contribution < 1.29 is 29.4 Å². The second-order valence-electron chi connectivity index (χ2n) is 6.79. The second kappa shape index (κ2) is 8.96. The molecule has 0 aliphatic rings. The van der Waals surface area contributed by atoms with Crippen LogP contribution in [-0.2, 0) is 12.8 Å². The zero-order valence-electron chi connectivity index (χ0n) is 15.9. The van der Waals surface area contributed by atoms with Gasteiger partial charge in [0, 0.05) is 24.0 Å². The van der Waals surface area contributed by atoms with Crippen LogP contribution in [0, 0.1) is 0 Å². The minimum atomic E-state index is -1.05. The lowest BCUT2D eigenvalue weighted by Crippen LogP contribution is -2.07. The van der Waals surface area contributed by atoms with Gasteiger partial charge in [-0.25, -0.2) is 9.59 Å². The fourth-order valence-electron chi connectivity index (χ4n) is 3.05. The third kappa shape index (κ3) is 5.05. The molecule has 150 valence electrons. The van der Waals surface area contributed by atoms with Gasteiger partial charge in [-0.2, -0.15) is 0 Å². The Balaban J connectivity index is 1.68. The van der Waals surface area contributed by atoms with Gasteiger partial charge in [0.05, 0.1) is 11.1 Å². The smallest absolute Gasteiger partial charge is 0.335 e. The summed E-state index contributed by atoms with van der Waals surface area (Å²) < 4.78 is 0. The number of carboxylic acids is 2. The van der Waals surface area contributed by atoms with E-state index in [2.05, 4.69) is 0 Å². The van der Waals surface area contributed by atoms with Crippen molar-refractivity contribution in [1.29, 1.82) is 0 Å². The standard InChI is InChI=1S/C24H18O6/c25-21(13-15-3-1-5-19(11-15)23(27)28)17-7-9-18(10-8-17)22(26)14-16-4-2-6-20(12-16)24(29)30/h1-12H,13-14H2,(H,27,28)(H,29,30). The summed E-state index contributed by atoms with van der Waals surface area (Å²) >= 11 is 0. The summed E-state index contributed by atoms with van der Waals surface area (Å²) in [6, 6.07) is 18.6. The highest BCUT2D eigenvalue weighted by Crippen LogP contribution is 2.14. The summed E-state index contributed by atoms with van der Waals surface area (Å²) in [7, 11) is 0. The van der Waals surface area contributed by atoms with E-state index in [1.807, 2.05) is 0 Å². The van der Waals surface area contributed by atoms with Crippen LogP contribution in [0.2, 0.25) is 0 Å². The van der Waals surface area contributed by atoms with Crippen LogP contribution >= 0.6 is 0 Å². The predicted octanol–water partition coefficient (Wildman–Crippen LogP) is 3.93. The number of benzene rings is 3. The van der Waals surface area contributed by atoms with Gasteiger partial charge in [-0.15, -0.1) is 0 Å². The van der Waals surface area contributed by atoms with Gasteiger partial charge in [0.15, 0.2) is 11.6 Å². The molecular weight excluding hydrogens is 384 g/mol. The summed E-state index contributed by atoms with van der Waals surface area (Å²) in [6.07, 6.45) is 0.104. The molecule has 6 nitrogen and oxygen atoms in total. The topological polar surface area (TPSA) is 109 Å². The monoisotopic (exact) mass is 402 g/mol. The Kier molecular flexibility index (Phi) is 6.17. The molecule has 0 heterocycles. The molecule has 30 heavy (non-hydrogen) atoms. The van der Waals surface area contributed by atoms with Crippen molar-refractivity contribution in [3.8, 4) is 0 Å². The normalized spacial score (nSPS) is 10.4. The lowest BCUT2D eigenvalue weighted by molar-refractivity contribution is 0.0686. The van der Waals surface area contributed by atoms with Crippen LogP contribution in [-0.4, -0.2) is 33.7 Å². The van der Waals surface area contributed by atoms with E-state index in [-0.39, 0.29) is 35.5 Å². The first-order valence-electron chi connectivity index (χ1n) is 9.14. The molecule has 0 aliphatic carbocycles. The van der Waals surface area contributed by atoms with Crippen LogP contribution in [0.5, 0.6) is 0 Å². The van der Waals surface area contributed by atoms with Crippen LogP contribution in [0.4, 0.5) is 0 Å². The summed E-state index contributed by atoms with van der Waals surface area (Å²) in [4.78, 5) is 47.1. The van der Waals surface area contributed by atoms with Crippen LogP contribution in [0.1, 0.15) is 52.6 Å². The highest BCUT2D eigenvalue weighted by atomic mass is 16.4. The van der Waals surface area contributed by atoms with Gasteiger partial charge in [-0.1, -0.05) is 48.5 Å². The molecule has 0 unspecified atom stereocenters. The Morgan fingerprint density at radius 2 is 0.900 bits per heavy atom. The predicted molar refractivity (Wildman–Crippen MR) is 109 cm³/mol. The van der Waals surface area contributed by atoms with Crippen LogP contribution in [0.25, 0.3) is 0 Å². The maximum atomic E-state index is 12.5. The van der Waals surface area contributed by atoms with E-state index >= 15 is 0 Å². The SMILES string of the molecule is O=C(O)c1cccc(CC(=O)c2ccc(C(=O)Cc3cccc(C(=O)O)c3)cc2)c1. The number of Topliss-reactive ketones (excluding diaryl/α,β-unsaturated/α-hetero) is 2. The highest BCUT2D eigenvalue weighted by molar-refractivity contribution is 6.01. The number of hydrogen-bond acceptors (Lipinski definition) is 4. The fourth-order valence-corrected chi connectivity index (χ4v) is 3.05. The lowest BCUT2D eigenvalue weighted by Gasteiger charge is -2.06. The minimum absolute atomic E-state index is 0.0520. The summed E-state index contributed by atoms with van der Waals surface area (Å²) in [5.41, 5.74) is 2.26. The Morgan fingerprint density at radius 3 is 1.23 bits per heavy atom. The van der Waals surface area contributed by atoms with E-state index in [4.69, 9.17) is 10.2 Å². The lowest BCUT2D eigenvalue weighted by atomic mass is 9.98. The van der Waals surface area contributed by atoms with Crippen molar-refractivity contribution in [2.45, 2.75) is 12.8 Å². The van der Waals surface area contributed by atoms with E-state index in [0.29, 0.717) is 22.3 Å². The van der Waals surface area contributed by atoms with Crippen molar-refractivity contribution in [3.63, 3.8) is 0 Å². The molecule has 2 N–H and O–H groups in total. The van der Waals surface area contributed by atoms with Crippen LogP contribution in [0.15, 0.2) is 72.8 Å². The Morgan fingerprint density at radius 1 is 0.533 bits per heavy atom. The van der Waals surface area contributed by atoms with Crippen molar-refractivity contribution in [1.82, 2.24) is 0 Å². The third-order valence-corrected chi connectivity index (χ3v) is 4.61. The number of carboxylic acid groups (broad SMARTS) is 2. The quantitative estimate of drug-likeness (QED) is 0.553. The molecule has 0 saturated carbocycles. The number of rotatable bonds is 8. The van der Waals surface area contributed by atoms with Gasteiger partial charge in [0.25, 0.3) is 0 Å². The largest absolute Gasteiger partial charge is 0.478 e. The first kappa shape index (κ1) is 20.7. The number of hydrogen-bond donors (Lipinski definition) is 2. The van der Waals surface area contributed by atoms with Gasteiger partial charge in [0.2, 0.25) is 0 Å². The van der Waals surface area contributed by atoms with E-state index in [0.717, 1.165) is 0 Å². The molecular formula is C24H18O6. The van der Waals surface area contributed by atoms with Gasteiger partial charge >= 0.3 is 11.9 Å². The molecule has 0 atom stereocenters. The number of ketones is 2. The molecule has 0 amide bonds. The first-order valence-corrected chi connectivity index (χ1v) is 9.14. The second-order valence-corrected chi connectivity index (χ2v) is 6.79. The zero-order chi connectivity index (χ0) is 21.7. The average Bonchev–Trinajstić information content (AvgIpc) is 2.74. The first-order chi connectivity index (χ1) is 14.3. The van der Waals surface area contributed by atoms with Gasteiger partial charge in [-0.05, 0) is 35.4 Å². The van der Waals surface area contributed by atoms with E-state index in [9.17, 15) is 19.2 Å². The van der Waals surface area contributed by atoms with Crippen molar-refractivity contribution in [3.05, 3.63) is 106 Å². The molecule has 0 saturated heterocycles. The van der Waals surface area contributed by atoms with Gasteiger partial charge in [0.1, 0.15) is 0 Å². The minimum Gasteiger partial charge on any atom is -0.478 e. The van der Waals surface area contributed by atoms with E-state index in [1.165, 1.54) is 24.3 Å². The highest BCUT2D eigenvalue weighted by Gasteiger charge is 2.13. The third-order valence-electron chi connectivity index (χ3n) is 4.61. The van der Waals surface area contributed by atoms with Crippen LogP contribution in [0.3, 0.4) is 0 Å².